The summed E-state index contributed by atoms with van der Waals surface area (Å²) in [4.78, 5) is 0. The molecule has 0 atom stereocenters. The average molecular weight is 236 g/mol. The highest BCUT2D eigenvalue weighted by Crippen LogP contribution is 2.18. The molecule has 13 heavy (non-hydrogen) atoms. The number of hydrogen-bond donors (Lipinski definition) is 1. The van der Waals surface area contributed by atoms with E-state index in [1.165, 1.54) is 12.1 Å². The van der Waals surface area contributed by atoms with Crippen molar-refractivity contribution in [3.05, 3.63) is 0 Å². The first-order valence-electron chi connectivity index (χ1n) is 5.11. The summed E-state index contributed by atoms with van der Waals surface area (Å²) in [7, 11) is -3.63. The quantitative estimate of drug-likeness (QED) is 0.743. The highest BCUT2D eigenvalue weighted by molar-refractivity contribution is 6.83. The summed E-state index contributed by atoms with van der Waals surface area (Å²) in [5, 5.41) is 5.99. The summed E-state index contributed by atoms with van der Waals surface area (Å²) in [5.41, 5.74) is 0. The monoisotopic (exact) mass is 235 g/mol. The second kappa shape index (κ2) is 4.88. The number of nitrogens with two attached hydrogens (primary N) is 1. The maximum Gasteiger partial charge on any atom is 0.249 e. The van der Waals surface area contributed by atoms with Crippen LogP contribution in [0.25, 0.3) is 0 Å². The smallest absolute Gasteiger partial charge is 0.249 e. The molecule has 0 amide bonds. The molecule has 0 aliphatic heterocycles. The van der Waals surface area contributed by atoms with Crippen molar-refractivity contribution in [3.63, 3.8) is 0 Å². The maximum absolute atomic E-state index is 6.05. The summed E-state index contributed by atoms with van der Waals surface area (Å²) < 4.78 is 6.05. The van der Waals surface area contributed by atoms with Crippen LogP contribution in [-0.2, 0) is 4.12 Å². The van der Waals surface area contributed by atoms with Gasteiger partial charge in [0.05, 0.1) is 0 Å². The average Bonchev–Trinajstić information content (AvgIpc) is 1.78. The van der Waals surface area contributed by atoms with E-state index < -0.39 is 25.6 Å². The van der Waals surface area contributed by atoms with Crippen molar-refractivity contribution >= 4 is 25.6 Å². The molecular weight excluding hydrogens is 210 g/mol. The molecule has 80 valence electrons. The molecule has 0 heterocycles. The van der Waals surface area contributed by atoms with E-state index in [4.69, 9.17) is 9.51 Å². The van der Waals surface area contributed by atoms with Gasteiger partial charge < -0.3 is 9.51 Å². The molecule has 0 saturated heterocycles. The standard InChI is InChI=1S/C8H25NOSi3/c1-11(2)7-8-12(3,4)10-13(5,6)9/h11H,7-9H2,1-6H3. The van der Waals surface area contributed by atoms with E-state index >= 15 is 0 Å². The van der Waals surface area contributed by atoms with Crippen LogP contribution < -0.4 is 5.40 Å². The van der Waals surface area contributed by atoms with Gasteiger partial charge in [0.1, 0.15) is 0 Å². The van der Waals surface area contributed by atoms with Gasteiger partial charge >= 0.3 is 0 Å². The zero-order valence-corrected chi connectivity index (χ0v) is 13.1. The topological polar surface area (TPSA) is 35.2 Å². The molecule has 0 radical (unpaired) electrons. The third-order valence-electron chi connectivity index (χ3n) is 1.86. The molecule has 0 aromatic carbocycles. The van der Waals surface area contributed by atoms with E-state index in [-0.39, 0.29) is 0 Å². The fraction of sp³-hybridized carbons (Fsp3) is 1.00. The van der Waals surface area contributed by atoms with Crippen LogP contribution in [0, 0.1) is 0 Å². The molecular formula is C8H25NOSi3. The lowest BCUT2D eigenvalue weighted by atomic mass is 10.9. The Labute approximate surface area is 86.8 Å². The van der Waals surface area contributed by atoms with Crippen molar-refractivity contribution in [3.8, 4) is 0 Å². The molecule has 0 aromatic heterocycles. The number of rotatable bonds is 5. The summed E-state index contributed by atoms with van der Waals surface area (Å²) in [5.74, 6) is 0. The van der Waals surface area contributed by atoms with Crippen molar-refractivity contribution in [1.29, 1.82) is 0 Å². The molecule has 2 nitrogen and oxygen atoms in total. The largest absolute Gasteiger partial charge is 0.445 e. The molecule has 0 aliphatic carbocycles. The molecule has 0 spiro atoms. The first-order valence-corrected chi connectivity index (χ1v) is 14.3. The van der Waals surface area contributed by atoms with E-state index in [9.17, 15) is 0 Å². The lowest BCUT2D eigenvalue weighted by Gasteiger charge is -2.31. The Hall–Kier alpha value is 0.571. The Balaban J connectivity index is 3.94. The Morgan fingerprint density at radius 3 is 1.92 bits per heavy atom. The Morgan fingerprint density at radius 2 is 1.62 bits per heavy atom. The van der Waals surface area contributed by atoms with Gasteiger partial charge in [-0.15, -0.1) is 0 Å². The highest BCUT2D eigenvalue weighted by atomic mass is 28.4. The summed E-state index contributed by atoms with van der Waals surface area (Å²) in [6.45, 7) is 13.5. The van der Waals surface area contributed by atoms with Crippen LogP contribution in [0.3, 0.4) is 0 Å². The van der Waals surface area contributed by atoms with Crippen molar-refractivity contribution in [1.82, 2.24) is 0 Å². The van der Waals surface area contributed by atoms with Gasteiger partial charge in [-0.1, -0.05) is 19.1 Å². The Bertz CT molecular complexity index is 154. The van der Waals surface area contributed by atoms with Gasteiger partial charge in [-0.05, 0) is 32.2 Å². The van der Waals surface area contributed by atoms with Crippen LogP contribution in [0.15, 0.2) is 0 Å². The van der Waals surface area contributed by atoms with Crippen LogP contribution in [-0.4, -0.2) is 25.6 Å². The second-order valence-corrected chi connectivity index (χ2v) is 16.8. The van der Waals surface area contributed by atoms with Crippen molar-refractivity contribution in [2.45, 2.75) is 51.4 Å². The summed E-state index contributed by atoms with van der Waals surface area (Å²) in [6, 6.07) is 2.70. The fourth-order valence-corrected chi connectivity index (χ4v) is 12.6. The van der Waals surface area contributed by atoms with E-state index in [1.807, 2.05) is 0 Å². The second-order valence-electron chi connectivity index (χ2n) is 5.40. The van der Waals surface area contributed by atoms with Gasteiger partial charge in [-0.3, -0.25) is 0 Å². The van der Waals surface area contributed by atoms with Gasteiger partial charge in [0.2, 0.25) is 8.48 Å². The minimum atomic E-state index is -1.79. The molecule has 5 heteroatoms. The van der Waals surface area contributed by atoms with Crippen LogP contribution in [0.5, 0.6) is 0 Å². The zero-order chi connectivity index (χ0) is 10.7. The van der Waals surface area contributed by atoms with E-state index in [2.05, 4.69) is 39.3 Å². The summed E-state index contributed by atoms with van der Waals surface area (Å²) in [6.07, 6.45) is 0. The minimum absolute atomic E-state index is 0.409. The third-order valence-corrected chi connectivity index (χ3v) is 9.69. The van der Waals surface area contributed by atoms with Crippen LogP contribution in [0.1, 0.15) is 0 Å². The van der Waals surface area contributed by atoms with Gasteiger partial charge in [0.15, 0.2) is 8.32 Å². The maximum atomic E-state index is 6.05. The predicted molar refractivity (Wildman–Crippen MR) is 68.7 cm³/mol. The minimum Gasteiger partial charge on any atom is -0.445 e. The normalized spacial score (nSPS) is 13.8. The molecule has 2 N–H and O–H groups in total. The first kappa shape index (κ1) is 13.6. The molecule has 0 aromatic rings. The van der Waals surface area contributed by atoms with Crippen LogP contribution in [0.4, 0.5) is 0 Å². The summed E-state index contributed by atoms with van der Waals surface area (Å²) >= 11 is 0. The van der Waals surface area contributed by atoms with Crippen molar-refractivity contribution in [2.75, 3.05) is 0 Å². The fourth-order valence-electron chi connectivity index (χ4n) is 1.40. The lowest BCUT2D eigenvalue weighted by molar-refractivity contribution is 0.544. The molecule has 0 aliphatic rings. The molecule has 0 rings (SSSR count). The van der Waals surface area contributed by atoms with Gasteiger partial charge in [-0.2, -0.15) is 0 Å². The van der Waals surface area contributed by atoms with Crippen molar-refractivity contribution < 1.29 is 4.12 Å². The van der Waals surface area contributed by atoms with E-state index in [0.717, 1.165) is 0 Å². The lowest BCUT2D eigenvalue weighted by Crippen LogP contribution is -2.51. The van der Waals surface area contributed by atoms with Crippen molar-refractivity contribution in [2.24, 2.45) is 5.40 Å². The van der Waals surface area contributed by atoms with Crippen LogP contribution >= 0.6 is 0 Å². The predicted octanol–water partition coefficient (Wildman–Crippen LogP) is 2.36. The molecule has 0 bridgehead atoms. The Kier molecular flexibility index (Phi) is 5.09. The number of hydrogen-bond acceptors (Lipinski definition) is 2. The molecule has 0 saturated carbocycles. The van der Waals surface area contributed by atoms with E-state index in [1.54, 1.807) is 0 Å². The third kappa shape index (κ3) is 8.89. The van der Waals surface area contributed by atoms with Gasteiger partial charge in [0.25, 0.3) is 0 Å². The van der Waals surface area contributed by atoms with Gasteiger partial charge in [-0.25, -0.2) is 0 Å². The molecule has 0 fully saturated rings. The Morgan fingerprint density at radius 1 is 1.15 bits per heavy atom. The highest BCUT2D eigenvalue weighted by Gasteiger charge is 2.30. The van der Waals surface area contributed by atoms with E-state index in [0.29, 0.717) is 0 Å². The first-order chi connectivity index (χ1) is 5.62. The molecule has 0 unspecified atom stereocenters. The zero-order valence-electron chi connectivity index (χ0n) is 9.98. The SMILES string of the molecule is C[SiH](C)CC[Si](C)(C)O[Si](C)(C)N. The van der Waals surface area contributed by atoms with Gasteiger partial charge in [0, 0.05) is 8.80 Å². The van der Waals surface area contributed by atoms with Crippen LogP contribution in [0.2, 0.25) is 51.4 Å².